The van der Waals surface area contributed by atoms with Crippen molar-refractivity contribution in [3.05, 3.63) is 47.4 Å². The maximum absolute atomic E-state index is 12.0. The number of fused-ring (bicyclic) bond motifs is 1. The smallest absolute Gasteiger partial charge is 0.248 e. The van der Waals surface area contributed by atoms with Crippen molar-refractivity contribution in [1.82, 2.24) is 14.8 Å². The number of rotatable bonds is 6. The zero-order valence-electron chi connectivity index (χ0n) is 13.8. The van der Waals surface area contributed by atoms with E-state index < -0.39 is 11.9 Å². The summed E-state index contributed by atoms with van der Waals surface area (Å²) in [5.74, 6) is 0.867. The average molecular weight is 327 g/mol. The van der Waals surface area contributed by atoms with Gasteiger partial charge in [0.25, 0.3) is 0 Å². The highest BCUT2D eigenvalue weighted by molar-refractivity contribution is 5.95. The minimum atomic E-state index is -0.483. The van der Waals surface area contributed by atoms with Crippen LogP contribution in [0.1, 0.15) is 38.3 Å². The summed E-state index contributed by atoms with van der Waals surface area (Å²) in [5.41, 5.74) is 7.65. The number of carbonyl (C=O) groups excluding carboxylic acids is 1. The van der Waals surface area contributed by atoms with Crippen LogP contribution in [0, 0.1) is 0 Å². The number of primary amides is 1. The number of unbranched alkanes of at least 4 members (excludes halogenated alkanes) is 1. The number of nitrogens with one attached hydrogen (secondary N) is 1. The van der Waals surface area contributed by atoms with Crippen molar-refractivity contribution in [3.63, 3.8) is 0 Å². The molecule has 3 rings (SSSR count). The van der Waals surface area contributed by atoms with E-state index in [1.54, 1.807) is 4.68 Å². The number of nitrogens with two attached hydrogens (primary N) is 1. The van der Waals surface area contributed by atoms with Crippen molar-refractivity contribution in [2.45, 2.75) is 32.7 Å². The highest BCUT2D eigenvalue weighted by atomic mass is 16.5. The van der Waals surface area contributed by atoms with Gasteiger partial charge in [-0.2, -0.15) is 10.1 Å². The molecular formula is C17H21N5O2. The standard InChI is InChI=1S/C17H21N5O2/c1-3-4-8-24-13-7-5-6-12(9-13)15-14(16(18)23)11(2)21-17-19-10-20-22(15)17/h5-7,9-10,15H,3-4,8H2,1-2H3,(H2,18,23)(H,19,20,21). The SMILES string of the molecule is CCCCOc1cccc(C2C(C(N)=O)=C(C)Nc3ncnn32)c1. The van der Waals surface area contributed by atoms with Crippen LogP contribution in [-0.4, -0.2) is 27.3 Å². The molecule has 1 aromatic heterocycles. The summed E-state index contributed by atoms with van der Waals surface area (Å²) < 4.78 is 7.44. The monoisotopic (exact) mass is 327 g/mol. The lowest BCUT2D eigenvalue weighted by molar-refractivity contribution is -0.115. The summed E-state index contributed by atoms with van der Waals surface area (Å²) in [7, 11) is 0. The lowest BCUT2D eigenvalue weighted by Crippen LogP contribution is -2.31. The van der Waals surface area contributed by atoms with Crippen LogP contribution in [-0.2, 0) is 4.79 Å². The third kappa shape index (κ3) is 2.97. The Morgan fingerprint density at radius 3 is 3.04 bits per heavy atom. The fourth-order valence-corrected chi connectivity index (χ4v) is 2.83. The number of hydrogen-bond acceptors (Lipinski definition) is 5. The molecule has 1 aliphatic rings. The van der Waals surface area contributed by atoms with Crippen LogP contribution < -0.4 is 15.8 Å². The van der Waals surface area contributed by atoms with Crippen molar-refractivity contribution in [3.8, 4) is 5.75 Å². The Hall–Kier alpha value is -2.83. The van der Waals surface area contributed by atoms with E-state index >= 15 is 0 Å². The lowest BCUT2D eigenvalue weighted by Gasteiger charge is -2.27. The van der Waals surface area contributed by atoms with Gasteiger partial charge >= 0.3 is 0 Å². The summed E-state index contributed by atoms with van der Waals surface area (Å²) in [6, 6.07) is 7.25. The van der Waals surface area contributed by atoms with Crippen molar-refractivity contribution in [2.24, 2.45) is 5.73 Å². The van der Waals surface area contributed by atoms with Gasteiger partial charge in [0.15, 0.2) is 0 Å². The quantitative estimate of drug-likeness (QED) is 0.793. The molecule has 0 spiro atoms. The normalized spacial score (nSPS) is 16.5. The van der Waals surface area contributed by atoms with Gasteiger partial charge in [-0.1, -0.05) is 25.5 Å². The second-order valence-corrected chi connectivity index (χ2v) is 5.73. The zero-order chi connectivity index (χ0) is 17.1. The van der Waals surface area contributed by atoms with Crippen molar-refractivity contribution in [1.29, 1.82) is 0 Å². The Kier molecular flexibility index (Phi) is 4.50. The van der Waals surface area contributed by atoms with E-state index in [9.17, 15) is 4.79 Å². The molecule has 1 amide bonds. The molecule has 0 saturated heterocycles. The van der Waals surface area contributed by atoms with Crippen molar-refractivity contribution >= 4 is 11.9 Å². The Bertz CT molecular complexity index is 781. The Morgan fingerprint density at radius 2 is 2.29 bits per heavy atom. The first-order valence-electron chi connectivity index (χ1n) is 8.01. The summed E-state index contributed by atoms with van der Waals surface area (Å²) in [4.78, 5) is 16.2. The van der Waals surface area contributed by atoms with Crippen molar-refractivity contribution in [2.75, 3.05) is 11.9 Å². The summed E-state index contributed by atoms with van der Waals surface area (Å²) in [6.07, 6.45) is 3.52. The Morgan fingerprint density at radius 1 is 1.46 bits per heavy atom. The maximum atomic E-state index is 12.0. The number of amides is 1. The van der Waals surface area contributed by atoms with Gasteiger partial charge in [-0.3, -0.25) is 4.79 Å². The molecule has 1 aromatic carbocycles. The molecule has 1 unspecified atom stereocenters. The number of benzene rings is 1. The molecule has 7 nitrogen and oxygen atoms in total. The largest absolute Gasteiger partial charge is 0.494 e. The average Bonchev–Trinajstić information content (AvgIpc) is 3.01. The molecule has 126 valence electrons. The highest BCUT2D eigenvalue weighted by Gasteiger charge is 2.32. The van der Waals surface area contributed by atoms with Crippen LogP contribution in [0.3, 0.4) is 0 Å². The molecule has 3 N–H and O–H groups in total. The van der Waals surface area contributed by atoms with Crippen LogP contribution in [0.5, 0.6) is 5.75 Å². The molecule has 0 saturated carbocycles. The fraction of sp³-hybridized carbons (Fsp3) is 0.353. The number of ether oxygens (including phenoxy) is 1. The first kappa shape index (κ1) is 16.0. The van der Waals surface area contributed by atoms with Gasteiger partial charge in [-0.15, -0.1) is 0 Å². The van der Waals surface area contributed by atoms with Crippen molar-refractivity contribution < 1.29 is 9.53 Å². The van der Waals surface area contributed by atoms with Crippen LogP contribution in [0.2, 0.25) is 0 Å². The number of anilines is 1. The topological polar surface area (TPSA) is 95.1 Å². The summed E-state index contributed by atoms with van der Waals surface area (Å²) in [5, 5.41) is 7.31. The fourth-order valence-electron chi connectivity index (χ4n) is 2.83. The first-order chi connectivity index (χ1) is 11.6. The third-order valence-electron chi connectivity index (χ3n) is 4.00. The minimum Gasteiger partial charge on any atom is -0.494 e. The zero-order valence-corrected chi connectivity index (χ0v) is 13.8. The van der Waals surface area contributed by atoms with Gasteiger partial charge in [-0.25, -0.2) is 4.68 Å². The third-order valence-corrected chi connectivity index (χ3v) is 4.00. The van der Waals surface area contributed by atoms with E-state index in [0.29, 0.717) is 23.8 Å². The maximum Gasteiger partial charge on any atom is 0.248 e. The second kappa shape index (κ2) is 6.74. The molecule has 0 fully saturated rings. The van der Waals surface area contributed by atoms with E-state index in [1.807, 2.05) is 31.2 Å². The molecule has 2 heterocycles. The summed E-state index contributed by atoms with van der Waals surface area (Å²) in [6.45, 7) is 4.60. The van der Waals surface area contributed by atoms with E-state index in [-0.39, 0.29) is 0 Å². The van der Waals surface area contributed by atoms with E-state index in [1.165, 1.54) is 6.33 Å². The van der Waals surface area contributed by atoms with Gasteiger partial charge in [0.05, 0.1) is 12.2 Å². The molecule has 0 bridgehead atoms. The number of aromatic nitrogens is 3. The van der Waals surface area contributed by atoms with Gasteiger partial charge in [0.2, 0.25) is 11.9 Å². The predicted molar refractivity (Wildman–Crippen MR) is 90.5 cm³/mol. The molecule has 1 aliphatic heterocycles. The van der Waals surface area contributed by atoms with Gasteiger partial charge in [0, 0.05) is 5.70 Å². The van der Waals surface area contributed by atoms with E-state index in [4.69, 9.17) is 10.5 Å². The van der Waals surface area contributed by atoms with Gasteiger partial charge in [0.1, 0.15) is 18.1 Å². The molecule has 2 aromatic rings. The van der Waals surface area contributed by atoms with Gasteiger partial charge < -0.3 is 15.8 Å². The van der Waals surface area contributed by atoms with Crippen LogP contribution in [0.15, 0.2) is 41.9 Å². The van der Waals surface area contributed by atoms with Crippen LogP contribution in [0.25, 0.3) is 0 Å². The molecular weight excluding hydrogens is 306 g/mol. The lowest BCUT2D eigenvalue weighted by atomic mass is 9.95. The summed E-state index contributed by atoms with van der Waals surface area (Å²) >= 11 is 0. The van der Waals surface area contributed by atoms with Crippen LogP contribution >= 0.6 is 0 Å². The van der Waals surface area contributed by atoms with Crippen LogP contribution in [0.4, 0.5) is 5.95 Å². The predicted octanol–water partition coefficient (Wildman–Crippen LogP) is 2.23. The Labute approximate surface area is 140 Å². The van der Waals surface area contributed by atoms with Gasteiger partial charge in [-0.05, 0) is 31.0 Å². The minimum absolute atomic E-state index is 0.420. The first-order valence-corrected chi connectivity index (χ1v) is 8.01. The second-order valence-electron chi connectivity index (χ2n) is 5.73. The van der Waals surface area contributed by atoms with E-state index in [2.05, 4.69) is 22.3 Å². The molecule has 7 heteroatoms. The Balaban J connectivity index is 2.00. The number of nitrogens with zero attached hydrogens (tertiary/aromatic N) is 3. The molecule has 24 heavy (non-hydrogen) atoms. The number of carbonyl (C=O) groups is 1. The highest BCUT2D eigenvalue weighted by Crippen LogP contribution is 2.35. The molecule has 0 aliphatic carbocycles. The number of allylic oxidation sites excluding steroid dienone is 1. The molecule has 0 radical (unpaired) electrons. The molecule has 1 atom stereocenters. The van der Waals surface area contributed by atoms with E-state index in [0.717, 1.165) is 24.2 Å². The number of hydrogen-bond donors (Lipinski definition) is 2.